The van der Waals surface area contributed by atoms with Gasteiger partial charge < -0.3 is 5.73 Å². The second-order valence-electron chi connectivity index (χ2n) is 3.37. The fraction of sp³-hybridized carbons (Fsp3) is 0.600. The summed E-state index contributed by atoms with van der Waals surface area (Å²) in [5, 5.41) is 6.30. The van der Waals surface area contributed by atoms with Crippen LogP contribution in [0.1, 0.15) is 25.8 Å². The lowest BCUT2D eigenvalue weighted by molar-refractivity contribution is 0.788. The summed E-state index contributed by atoms with van der Waals surface area (Å²) in [5.74, 6) is 0. The molecule has 0 saturated heterocycles. The van der Waals surface area contributed by atoms with Crippen LogP contribution in [-0.2, 0) is 6.42 Å². The van der Waals surface area contributed by atoms with Crippen LogP contribution in [0.15, 0.2) is 14.5 Å². The smallest absolute Gasteiger partial charge is 0.0763 e. The SMILES string of the molecule is CC1CCc2cc(SN)sc2S1.CCN. The first-order valence-electron chi connectivity index (χ1n) is 5.07. The minimum Gasteiger partial charge on any atom is -0.331 e. The summed E-state index contributed by atoms with van der Waals surface area (Å²) in [5.41, 5.74) is 6.36. The van der Waals surface area contributed by atoms with Gasteiger partial charge >= 0.3 is 0 Å². The van der Waals surface area contributed by atoms with E-state index in [9.17, 15) is 0 Å². The number of nitrogens with two attached hydrogens (primary N) is 2. The van der Waals surface area contributed by atoms with Crippen molar-refractivity contribution in [2.75, 3.05) is 6.54 Å². The lowest BCUT2D eigenvalue weighted by atomic mass is 10.1. The van der Waals surface area contributed by atoms with Crippen molar-refractivity contribution < 1.29 is 0 Å². The van der Waals surface area contributed by atoms with E-state index in [1.54, 1.807) is 0 Å². The largest absolute Gasteiger partial charge is 0.331 e. The molecule has 0 spiro atoms. The normalized spacial score (nSPS) is 19.1. The highest BCUT2D eigenvalue weighted by atomic mass is 32.2. The van der Waals surface area contributed by atoms with Crippen LogP contribution < -0.4 is 10.9 Å². The van der Waals surface area contributed by atoms with Gasteiger partial charge in [0, 0.05) is 5.25 Å². The van der Waals surface area contributed by atoms with Crippen molar-refractivity contribution in [3.05, 3.63) is 11.6 Å². The summed E-state index contributed by atoms with van der Waals surface area (Å²) in [6.07, 6.45) is 2.55. The first-order chi connectivity index (χ1) is 7.21. The molecule has 0 aromatic carbocycles. The molecule has 0 bridgehead atoms. The average Bonchev–Trinajstić information content (AvgIpc) is 2.61. The molecule has 1 aliphatic heterocycles. The van der Waals surface area contributed by atoms with Gasteiger partial charge in [0.1, 0.15) is 0 Å². The van der Waals surface area contributed by atoms with Crippen LogP contribution in [0.3, 0.4) is 0 Å². The number of aryl methyl sites for hydroxylation is 1. The van der Waals surface area contributed by atoms with Gasteiger partial charge in [-0.3, -0.25) is 5.14 Å². The standard InChI is InChI=1S/C8H11NS3.C2H7N/c1-5-2-3-6-4-7(12-9)11-8(6)10-5;1-2-3/h4-5H,2-3,9H2,1H3;2-3H2,1H3. The molecule has 86 valence electrons. The first kappa shape index (κ1) is 13.4. The lowest BCUT2D eigenvalue weighted by Gasteiger charge is -2.16. The first-order valence-corrected chi connectivity index (χ1v) is 7.65. The van der Waals surface area contributed by atoms with E-state index in [1.807, 2.05) is 30.0 Å². The Hall–Kier alpha value is 0.320. The number of hydrogen-bond acceptors (Lipinski definition) is 5. The Labute approximate surface area is 104 Å². The summed E-state index contributed by atoms with van der Waals surface area (Å²) >= 11 is 5.21. The summed E-state index contributed by atoms with van der Waals surface area (Å²) in [6, 6.07) is 2.24. The number of hydrogen-bond donors (Lipinski definition) is 2. The van der Waals surface area contributed by atoms with Crippen LogP contribution in [0, 0.1) is 0 Å². The van der Waals surface area contributed by atoms with Crippen molar-refractivity contribution in [2.45, 2.75) is 40.4 Å². The van der Waals surface area contributed by atoms with Gasteiger partial charge in [-0.15, -0.1) is 23.1 Å². The van der Waals surface area contributed by atoms with E-state index >= 15 is 0 Å². The Morgan fingerprint density at radius 2 is 2.27 bits per heavy atom. The zero-order valence-electron chi connectivity index (χ0n) is 9.16. The molecule has 2 rings (SSSR count). The van der Waals surface area contributed by atoms with Crippen LogP contribution in [0.25, 0.3) is 0 Å². The topological polar surface area (TPSA) is 52.0 Å². The molecule has 1 aliphatic rings. The average molecular weight is 262 g/mol. The molecule has 15 heavy (non-hydrogen) atoms. The van der Waals surface area contributed by atoms with Gasteiger partial charge in [-0.2, -0.15) is 0 Å². The van der Waals surface area contributed by atoms with E-state index in [2.05, 4.69) is 13.0 Å². The van der Waals surface area contributed by atoms with Gasteiger partial charge in [0.05, 0.1) is 8.42 Å². The molecule has 1 atom stereocenters. The molecule has 2 heterocycles. The zero-order chi connectivity index (χ0) is 11.3. The van der Waals surface area contributed by atoms with Crippen molar-refractivity contribution in [1.29, 1.82) is 0 Å². The maximum absolute atomic E-state index is 5.51. The molecule has 4 N–H and O–H groups in total. The molecular formula is C10H18N2S3. The molecular weight excluding hydrogens is 244 g/mol. The van der Waals surface area contributed by atoms with Gasteiger partial charge in [-0.1, -0.05) is 13.8 Å². The van der Waals surface area contributed by atoms with E-state index in [0.29, 0.717) is 0 Å². The fourth-order valence-corrected chi connectivity index (χ4v) is 4.68. The predicted octanol–water partition coefficient (Wildman–Crippen LogP) is 3.11. The van der Waals surface area contributed by atoms with E-state index in [0.717, 1.165) is 11.8 Å². The van der Waals surface area contributed by atoms with Crippen molar-refractivity contribution >= 4 is 35.0 Å². The summed E-state index contributed by atoms with van der Waals surface area (Å²) in [7, 11) is 0. The van der Waals surface area contributed by atoms with Crippen LogP contribution in [0.2, 0.25) is 0 Å². The van der Waals surface area contributed by atoms with Crippen molar-refractivity contribution in [1.82, 2.24) is 0 Å². The Kier molecular flexibility index (Phi) is 6.07. The number of thiophene rings is 1. The van der Waals surface area contributed by atoms with Crippen molar-refractivity contribution in [3.63, 3.8) is 0 Å². The van der Waals surface area contributed by atoms with E-state index in [4.69, 9.17) is 10.9 Å². The predicted molar refractivity (Wildman–Crippen MR) is 72.7 cm³/mol. The van der Waals surface area contributed by atoms with E-state index in [-0.39, 0.29) is 0 Å². The van der Waals surface area contributed by atoms with Gasteiger partial charge in [-0.25, -0.2) is 0 Å². The summed E-state index contributed by atoms with van der Waals surface area (Å²) in [4.78, 5) is 0. The highest BCUT2D eigenvalue weighted by Gasteiger charge is 2.18. The van der Waals surface area contributed by atoms with E-state index < -0.39 is 0 Å². The zero-order valence-corrected chi connectivity index (χ0v) is 11.6. The molecule has 1 aromatic rings. The van der Waals surface area contributed by atoms with Gasteiger partial charge in [0.15, 0.2) is 0 Å². The number of rotatable bonds is 1. The molecule has 5 heteroatoms. The molecule has 1 unspecified atom stereocenters. The second-order valence-corrected chi connectivity index (χ2v) is 7.06. The van der Waals surface area contributed by atoms with E-state index in [1.165, 1.54) is 38.8 Å². The Balaban J connectivity index is 0.000000337. The Morgan fingerprint density at radius 1 is 1.60 bits per heavy atom. The van der Waals surface area contributed by atoms with Gasteiger partial charge in [-0.05, 0) is 43.0 Å². The molecule has 2 nitrogen and oxygen atoms in total. The third-order valence-corrected chi connectivity index (χ3v) is 5.30. The minimum absolute atomic E-state index is 0.750. The molecule has 0 amide bonds. The van der Waals surface area contributed by atoms with Crippen LogP contribution in [0.5, 0.6) is 0 Å². The minimum atomic E-state index is 0.750. The third kappa shape index (κ3) is 4.00. The van der Waals surface area contributed by atoms with Gasteiger partial charge in [0.25, 0.3) is 0 Å². The van der Waals surface area contributed by atoms with Crippen LogP contribution in [0.4, 0.5) is 0 Å². The molecule has 0 radical (unpaired) electrons. The summed E-state index contributed by atoms with van der Waals surface area (Å²) in [6.45, 7) is 4.95. The van der Waals surface area contributed by atoms with Crippen molar-refractivity contribution in [2.24, 2.45) is 10.9 Å². The molecule has 0 fully saturated rings. The summed E-state index contributed by atoms with van der Waals surface area (Å²) < 4.78 is 2.74. The molecule has 1 aromatic heterocycles. The maximum Gasteiger partial charge on any atom is 0.0763 e. The Morgan fingerprint density at radius 3 is 2.87 bits per heavy atom. The monoisotopic (exact) mass is 262 g/mol. The quantitative estimate of drug-likeness (QED) is 0.764. The third-order valence-electron chi connectivity index (χ3n) is 1.99. The molecule has 0 saturated carbocycles. The van der Waals surface area contributed by atoms with Crippen LogP contribution in [-0.4, -0.2) is 11.8 Å². The van der Waals surface area contributed by atoms with Gasteiger partial charge in [0.2, 0.25) is 0 Å². The van der Waals surface area contributed by atoms with Crippen molar-refractivity contribution in [3.8, 4) is 0 Å². The fourth-order valence-electron chi connectivity index (χ4n) is 1.32. The maximum atomic E-state index is 5.51. The molecule has 0 aliphatic carbocycles. The second kappa shape index (κ2) is 6.81. The Bertz CT molecular complexity index is 299. The van der Waals surface area contributed by atoms with Crippen LogP contribution >= 0.6 is 35.0 Å². The highest BCUT2D eigenvalue weighted by Crippen LogP contribution is 2.42. The number of thioether (sulfide) groups is 1. The lowest BCUT2D eigenvalue weighted by Crippen LogP contribution is -2.03. The number of fused-ring (bicyclic) bond motifs is 1. The highest BCUT2D eigenvalue weighted by molar-refractivity contribution is 8.03.